The first kappa shape index (κ1) is 21.7. The minimum atomic E-state index is -3.74. The third kappa shape index (κ3) is 4.64. The van der Waals surface area contributed by atoms with Gasteiger partial charge in [-0.25, -0.2) is 21.6 Å². The molecule has 1 aromatic heterocycles. The third-order valence-electron chi connectivity index (χ3n) is 3.90. The van der Waals surface area contributed by atoms with Crippen molar-refractivity contribution in [3.05, 3.63) is 11.6 Å². The Kier molecular flexibility index (Phi) is 7.22. The summed E-state index contributed by atoms with van der Waals surface area (Å²) in [5.41, 5.74) is 0.531. The second kappa shape index (κ2) is 8.63. The predicted octanol–water partition coefficient (Wildman–Crippen LogP) is 1.13. The Balaban J connectivity index is 2.44. The van der Waals surface area contributed by atoms with Crippen molar-refractivity contribution in [1.29, 1.82) is 0 Å². The van der Waals surface area contributed by atoms with E-state index < -0.39 is 20.0 Å². The second-order valence-electron chi connectivity index (χ2n) is 6.40. The van der Waals surface area contributed by atoms with Crippen LogP contribution in [0.25, 0.3) is 0 Å². The SMILES string of the molecule is CCNC1CN(CCCOC)S(=O)(=O)c2sc(S(=O)(=O)NC(C)C)cc21. The number of nitrogens with one attached hydrogen (secondary N) is 2. The number of fused-ring (bicyclic) bond motifs is 1. The van der Waals surface area contributed by atoms with Crippen LogP contribution in [0.3, 0.4) is 0 Å². The van der Waals surface area contributed by atoms with Crippen LogP contribution in [0.1, 0.15) is 38.8 Å². The van der Waals surface area contributed by atoms with E-state index in [1.165, 1.54) is 10.4 Å². The molecule has 0 saturated carbocycles. The molecule has 0 fully saturated rings. The maximum absolute atomic E-state index is 13.0. The van der Waals surface area contributed by atoms with Crippen LogP contribution in [-0.2, 0) is 24.8 Å². The maximum Gasteiger partial charge on any atom is 0.252 e. The smallest absolute Gasteiger partial charge is 0.252 e. The Morgan fingerprint density at radius 2 is 2.12 bits per heavy atom. The average molecular weight is 426 g/mol. The summed E-state index contributed by atoms with van der Waals surface area (Å²) in [5, 5.41) is 3.26. The number of nitrogens with zero attached hydrogens (tertiary/aromatic N) is 1. The van der Waals surface area contributed by atoms with E-state index in [2.05, 4.69) is 10.0 Å². The van der Waals surface area contributed by atoms with Gasteiger partial charge in [0.05, 0.1) is 0 Å². The highest BCUT2D eigenvalue weighted by Crippen LogP contribution is 2.40. The van der Waals surface area contributed by atoms with Gasteiger partial charge in [-0.3, -0.25) is 0 Å². The highest BCUT2D eigenvalue weighted by atomic mass is 32.3. The van der Waals surface area contributed by atoms with Crippen LogP contribution in [0.2, 0.25) is 0 Å². The first-order valence-electron chi connectivity index (χ1n) is 8.52. The molecule has 26 heavy (non-hydrogen) atoms. The maximum atomic E-state index is 13.0. The number of sulfonamides is 2. The molecule has 2 rings (SSSR count). The summed E-state index contributed by atoms with van der Waals surface area (Å²) < 4.78 is 60.0. The van der Waals surface area contributed by atoms with Crippen LogP contribution in [0.4, 0.5) is 0 Å². The third-order valence-corrected chi connectivity index (χ3v) is 9.58. The molecule has 8 nitrogen and oxygen atoms in total. The number of hydrogen-bond acceptors (Lipinski definition) is 7. The van der Waals surface area contributed by atoms with Crippen LogP contribution >= 0.6 is 11.3 Å². The van der Waals surface area contributed by atoms with Gasteiger partial charge in [0, 0.05) is 44.5 Å². The van der Waals surface area contributed by atoms with Gasteiger partial charge in [-0.15, -0.1) is 11.3 Å². The molecule has 1 aliphatic rings. The Morgan fingerprint density at radius 3 is 2.69 bits per heavy atom. The van der Waals surface area contributed by atoms with Crippen molar-refractivity contribution in [3.8, 4) is 0 Å². The quantitative estimate of drug-likeness (QED) is 0.575. The Bertz CT molecular complexity index is 818. The molecule has 0 saturated heterocycles. The number of likely N-dealkylation sites (N-methyl/N-ethyl adjacent to an activating group) is 1. The molecule has 0 radical (unpaired) electrons. The van der Waals surface area contributed by atoms with Gasteiger partial charge >= 0.3 is 0 Å². The highest BCUT2D eigenvalue weighted by Gasteiger charge is 2.39. The molecule has 11 heteroatoms. The van der Waals surface area contributed by atoms with Crippen LogP contribution in [-0.4, -0.2) is 60.5 Å². The van der Waals surface area contributed by atoms with E-state index in [0.717, 1.165) is 11.3 Å². The minimum Gasteiger partial charge on any atom is -0.385 e. The van der Waals surface area contributed by atoms with E-state index in [0.29, 0.717) is 31.7 Å². The zero-order chi connectivity index (χ0) is 19.5. The van der Waals surface area contributed by atoms with Crippen molar-refractivity contribution in [2.75, 3.05) is 33.4 Å². The van der Waals surface area contributed by atoms with E-state index in [9.17, 15) is 16.8 Å². The van der Waals surface area contributed by atoms with Crippen molar-refractivity contribution in [3.63, 3.8) is 0 Å². The molecule has 1 aliphatic heterocycles. The summed E-state index contributed by atoms with van der Waals surface area (Å²) in [7, 11) is -5.89. The highest BCUT2D eigenvalue weighted by molar-refractivity contribution is 7.94. The molecule has 1 atom stereocenters. The minimum absolute atomic E-state index is 0.0291. The summed E-state index contributed by atoms with van der Waals surface area (Å²) in [6.07, 6.45) is 0.579. The normalized spacial score (nSPS) is 20.4. The van der Waals surface area contributed by atoms with Gasteiger partial charge in [0.15, 0.2) is 0 Å². The van der Waals surface area contributed by atoms with Gasteiger partial charge < -0.3 is 10.1 Å². The molecule has 0 bridgehead atoms. The van der Waals surface area contributed by atoms with E-state index in [4.69, 9.17) is 4.74 Å². The first-order valence-corrected chi connectivity index (χ1v) is 12.3. The molecule has 0 aliphatic carbocycles. The monoisotopic (exact) mass is 425 g/mol. The van der Waals surface area contributed by atoms with E-state index in [1.807, 2.05) is 6.92 Å². The molecule has 0 aromatic carbocycles. The topological polar surface area (TPSA) is 105 Å². The van der Waals surface area contributed by atoms with Gasteiger partial charge in [-0.05, 0) is 32.9 Å². The first-order chi connectivity index (χ1) is 12.1. The molecule has 2 N–H and O–H groups in total. The zero-order valence-corrected chi connectivity index (χ0v) is 17.9. The van der Waals surface area contributed by atoms with Gasteiger partial charge in [0.25, 0.3) is 10.0 Å². The average Bonchev–Trinajstić information content (AvgIpc) is 2.98. The standard InChI is InChI=1S/C15H27N3O5S3/c1-5-16-13-10-18(7-6-8-23-4)26(21,22)15-12(13)9-14(24-15)25(19,20)17-11(2)3/h9,11,13,16-17H,5-8,10H2,1-4H3. The molecular formula is C15H27N3O5S3. The van der Waals surface area contributed by atoms with E-state index in [1.54, 1.807) is 21.0 Å². The number of methoxy groups -OCH3 is 1. The lowest BCUT2D eigenvalue weighted by Gasteiger charge is -2.32. The van der Waals surface area contributed by atoms with Crippen molar-refractivity contribution < 1.29 is 21.6 Å². The fourth-order valence-corrected chi connectivity index (χ4v) is 8.00. The fraction of sp³-hybridized carbons (Fsp3) is 0.733. The fourth-order valence-electron chi connectivity index (χ4n) is 2.85. The summed E-state index contributed by atoms with van der Waals surface area (Å²) in [6, 6.07) is 0.980. The Labute approximate surface area is 160 Å². The van der Waals surface area contributed by atoms with Gasteiger partial charge in [-0.2, -0.15) is 4.31 Å². The molecule has 1 aromatic rings. The summed E-state index contributed by atoms with van der Waals surface area (Å²) in [6.45, 7) is 7.11. The molecule has 0 amide bonds. The number of rotatable bonds is 9. The van der Waals surface area contributed by atoms with Crippen molar-refractivity contribution in [2.24, 2.45) is 0 Å². The summed E-state index contributed by atoms with van der Waals surface area (Å²) in [4.78, 5) is 0. The number of ether oxygens (including phenoxy) is 1. The molecule has 1 unspecified atom stereocenters. The predicted molar refractivity (Wildman–Crippen MR) is 101 cm³/mol. The number of hydrogen-bond donors (Lipinski definition) is 2. The summed E-state index contributed by atoms with van der Waals surface area (Å²) in [5.74, 6) is 0. The van der Waals surface area contributed by atoms with Gasteiger partial charge in [0.2, 0.25) is 10.0 Å². The zero-order valence-electron chi connectivity index (χ0n) is 15.5. The largest absolute Gasteiger partial charge is 0.385 e. The van der Waals surface area contributed by atoms with Crippen molar-refractivity contribution in [1.82, 2.24) is 14.3 Å². The van der Waals surface area contributed by atoms with Crippen LogP contribution in [0, 0.1) is 0 Å². The van der Waals surface area contributed by atoms with Crippen molar-refractivity contribution >= 4 is 31.4 Å². The lowest BCUT2D eigenvalue weighted by molar-refractivity contribution is 0.185. The molecule has 2 heterocycles. The van der Waals surface area contributed by atoms with Crippen LogP contribution in [0.15, 0.2) is 14.5 Å². The van der Waals surface area contributed by atoms with Crippen LogP contribution < -0.4 is 10.0 Å². The number of thiophene rings is 1. The van der Waals surface area contributed by atoms with Crippen molar-refractivity contribution in [2.45, 2.75) is 47.7 Å². The van der Waals surface area contributed by atoms with Gasteiger partial charge in [0.1, 0.15) is 8.42 Å². The summed E-state index contributed by atoms with van der Waals surface area (Å²) >= 11 is 0.812. The lowest BCUT2D eigenvalue weighted by atomic mass is 10.1. The van der Waals surface area contributed by atoms with E-state index >= 15 is 0 Å². The second-order valence-corrected chi connectivity index (χ2v) is 11.5. The molecule has 0 spiro atoms. The molecular weight excluding hydrogens is 398 g/mol. The van der Waals surface area contributed by atoms with Crippen LogP contribution in [0.5, 0.6) is 0 Å². The van der Waals surface area contributed by atoms with Gasteiger partial charge in [-0.1, -0.05) is 6.92 Å². The Morgan fingerprint density at radius 1 is 1.42 bits per heavy atom. The molecule has 150 valence electrons. The lowest BCUT2D eigenvalue weighted by Crippen LogP contribution is -2.43. The Hall–Kier alpha value is -0.560. The van der Waals surface area contributed by atoms with E-state index in [-0.39, 0.29) is 27.0 Å².